The van der Waals surface area contributed by atoms with Crippen molar-refractivity contribution in [3.05, 3.63) is 33.4 Å². The number of benzene rings is 1. The van der Waals surface area contributed by atoms with Crippen LogP contribution in [0.1, 0.15) is 21.6 Å². The molecule has 0 aliphatic carbocycles. The summed E-state index contributed by atoms with van der Waals surface area (Å²) >= 11 is 3.27. The number of aryl methyl sites for hydroxylation is 1. The largest absolute Gasteiger partial charge is 0.507 e. The first-order valence-corrected chi connectivity index (χ1v) is 5.90. The van der Waals surface area contributed by atoms with Gasteiger partial charge in [-0.15, -0.1) is 0 Å². The van der Waals surface area contributed by atoms with Gasteiger partial charge in [-0.3, -0.25) is 0 Å². The Labute approximate surface area is 111 Å². The summed E-state index contributed by atoms with van der Waals surface area (Å²) in [6, 6.07) is 2.94. The van der Waals surface area contributed by atoms with Crippen molar-refractivity contribution in [2.24, 2.45) is 0 Å². The number of phenols is 1. The maximum absolute atomic E-state index is 10.8. The molecule has 1 aromatic carbocycles. The van der Waals surface area contributed by atoms with Crippen molar-refractivity contribution in [1.29, 1.82) is 0 Å². The van der Waals surface area contributed by atoms with Gasteiger partial charge in [0.25, 0.3) is 0 Å². The van der Waals surface area contributed by atoms with E-state index < -0.39 is 5.97 Å². The first kappa shape index (κ1) is 12.6. The predicted molar refractivity (Wildman–Crippen MR) is 67.7 cm³/mol. The van der Waals surface area contributed by atoms with Crippen molar-refractivity contribution in [1.82, 2.24) is 5.16 Å². The third kappa shape index (κ3) is 1.99. The number of carboxylic acid groups (broad SMARTS) is 1. The molecule has 0 bridgehead atoms. The molecule has 0 spiro atoms. The Kier molecular flexibility index (Phi) is 3.13. The van der Waals surface area contributed by atoms with Crippen LogP contribution >= 0.6 is 15.9 Å². The topological polar surface area (TPSA) is 83.6 Å². The molecule has 0 aliphatic rings. The molecular formula is C12H10BrNO4. The van der Waals surface area contributed by atoms with Crippen LogP contribution in [0.15, 0.2) is 21.1 Å². The van der Waals surface area contributed by atoms with E-state index in [2.05, 4.69) is 21.1 Å². The number of aromatic hydroxyl groups is 1. The van der Waals surface area contributed by atoms with Gasteiger partial charge in [0.05, 0.1) is 4.47 Å². The van der Waals surface area contributed by atoms with Gasteiger partial charge in [0.1, 0.15) is 5.75 Å². The average Bonchev–Trinajstić information content (AvgIpc) is 2.75. The molecule has 2 rings (SSSR count). The Bertz CT molecular complexity index is 633. The second-order valence-corrected chi connectivity index (χ2v) is 4.70. The maximum Gasteiger partial charge on any atom is 0.358 e. The lowest BCUT2D eigenvalue weighted by Gasteiger charge is -2.10. The molecule has 0 radical (unpaired) electrons. The normalized spacial score (nSPS) is 10.6. The Morgan fingerprint density at radius 2 is 2.06 bits per heavy atom. The molecule has 94 valence electrons. The quantitative estimate of drug-likeness (QED) is 0.890. The Morgan fingerprint density at radius 3 is 2.61 bits per heavy atom. The molecule has 0 atom stereocenters. The van der Waals surface area contributed by atoms with Crippen LogP contribution in [0.2, 0.25) is 0 Å². The minimum absolute atomic E-state index is 0.131. The molecule has 0 saturated carbocycles. The lowest BCUT2D eigenvalue weighted by Crippen LogP contribution is -1.94. The number of aromatic nitrogens is 1. The highest BCUT2D eigenvalue weighted by atomic mass is 79.9. The Balaban J connectivity index is 2.63. The van der Waals surface area contributed by atoms with E-state index in [9.17, 15) is 9.90 Å². The fourth-order valence-electron chi connectivity index (χ4n) is 1.81. The van der Waals surface area contributed by atoms with Gasteiger partial charge < -0.3 is 14.7 Å². The maximum atomic E-state index is 10.8. The number of nitrogens with zero attached hydrogens (tertiary/aromatic N) is 1. The van der Waals surface area contributed by atoms with Crippen LogP contribution in [0.5, 0.6) is 5.75 Å². The van der Waals surface area contributed by atoms with Gasteiger partial charge in [-0.05, 0) is 47.0 Å². The van der Waals surface area contributed by atoms with E-state index in [1.54, 1.807) is 19.9 Å². The van der Waals surface area contributed by atoms with Crippen molar-refractivity contribution in [3.63, 3.8) is 0 Å². The number of rotatable bonds is 2. The van der Waals surface area contributed by atoms with Crippen molar-refractivity contribution in [2.75, 3.05) is 0 Å². The van der Waals surface area contributed by atoms with Crippen LogP contribution in [-0.4, -0.2) is 21.3 Å². The number of carbonyl (C=O) groups is 1. The Hall–Kier alpha value is -1.82. The lowest BCUT2D eigenvalue weighted by atomic mass is 10.00. The van der Waals surface area contributed by atoms with Crippen LogP contribution in [0.4, 0.5) is 0 Å². The summed E-state index contributed by atoms with van der Waals surface area (Å²) in [5.74, 6) is -0.645. The second-order valence-electron chi connectivity index (χ2n) is 3.91. The number of carboxylic acids is 1. The summed E-state index contributed by atoms with van der Waals surface area (Å²) in [4.78, 5) is 10.8. The molecule has 0 unspecified atom stereocenters. The monoisotopic (exact) mass is 311 g/mol. The fourth-order valence-corrected chi connectivity index (χ4v) is 2.12. The summed E-state index contributed by atoms with van der Waals surface area (Å²) in [7, 11) is 0. The van der Waals surface area contributed by atoms with Crippen LogP contribution in [0.25, 0.3) is 11.3 Å². The van der Waals surface area contributed by atoms with E-state index >= 15 is 0 Å². The third-order valence-electron chi connectivity index (χ3n) is 2.65. The fraction of sp³-hybridized carbons (Fsp3) is 0.167. The van der Waals surface area contributed by atoms with Crippen molar-refractivity contribution >= 4 is 21.9 Å². The second kappa shape index (κ2) is 4.45. The van der Waals surface area contributed by atoms with Crippen LogP contribution in [-0.2, 0) is 0 Å². The molecule has 5 nitrogen and oxygen atoms in total. The van der Waals surface area contributed by atoms with E-state index in [4.69, 9.17) is 9.63 Å². The molecule has 2 aromatic rings. The Morgan fingerprint density at radius 1 is 1.39 bits per heavy atom. The summed E-state index contributed by atoms with van der Waals surface area (Å²) in [5, 5.41) is 21.9. The zero-order chi connectivity index (χ0) is 13.4. The van der Waals surface area contributed by atoms with Crippen LogP contribution < -0.4 is 0 Å². The first-order valence-electron chi connectivity index (χ1n) is 5.11. The molecule has 18 heavy (non-hydrogen) atoms. The highest BCUT2D eigenvalue weighted by Gasteiger charge is 2.18. The summed E-state index contributed by atoms with van der Waals surface area (Å²) in [6.07, 6.45) is 0. The predicted octanol–water partition coefficient (Wildman–Crippen LogP) is 3.12. The lowest BCUT2D eigenvalue weighted by molar-refractivity contribution is 0.0686. The van der Waals surface area contributed by atoms with Gasteiger partial charge in [0, 0.05) is 11.6 Å². The van der Waals surface area contributed by atoms with E-state index in [-0.39, 0.29) is 11.4 Å². The number of hydrogen-bond acceptors (Lipinski definition) is 4. The zero-order valence-corrected chi connectivity index (χ0v) is 11.3. The van der Waals surface area contributed by atoms with Gasteiger partial charge >= 0.3 is 5.97 Å². The van der Waals surface area contributed by atoms with Crippen LogP contribution in [0.3, 0.4) is 0 Å². The molecular weight excluding hydrogens is 302 g/mol. The van der Waals surface area contributed by atoms with Crippen LogP contribution in [0, 0.1) is 13.8 Å². The van der Waals surface area contributed by atoms with Gasteiger partial charge in [0.2, 0.25) is 0 Å². The number of phenolic OH excluding ortho intramolecular Hbond substituents is 1. The zero-order valence-electron chi connectivity index (χ0n) is 9.69. The SMILES string of the molecule is Cc1cc(O)c(Br)c(C)c1-c1cc(C(=O)O)no1. The highest BCUT2D eigenvalue weighted by Crippen LogP contribution is 2.37. The number of hydrogen-bond donors (Lipinski definition) is 2. The standard InChI is InChI=1S/C12H10BrNO4/c1-5-3-8(15)11(13)6(2)10(5)9-4-7(12(16)17)14-18-9/h3-4,15H,1-2H3,(H,16,17). The van der Waals surface area contributed by atoms with E-state index in [1.165, 1.54) is 6.07 Å². The van der Waals surface area contributed by atoms with E-state index in [0.29, 0.717) is 10.2 Å². The number of aromatic carboxylic acids is 1. The van der Waals surface area contributed by atoms with Crippen molar-refractivity contribution in [2.45, 2.75) is 13.8 Å². The van der Waals surface area contributed by atoms with E-state index in [1.807, 2.05) is 0 Å². The van der Waals surface area contributed by atoms with Gasteiger partial charge in [0.15, 0.2) is 11.5 Å². The molecule has 0 fully saturated rings. The first-order chi connectivity index (χ1) is 8.41. The van der Waals surface area contributed by atoms with Gasteiger partial charge in [-0.1, -0.05) is 5.16 Å². The summed E-state index contributed by atoms with van der Waals surface area (Å²) in [6.45, 7) is 3.60. The summed E-state index contributed by atoms with van der Waals surface area (Å²) < 4.78 is 5.59. The molecule has 1 aromatic heterocycles. The molecule has 0 amide bonds. The minimum Gasteiger partial charge on any atom is -0.507 e. The highest BCUT2D eigenvalue weighted by molar-refractivity contribution is 9.10. The van der Waals surface area contributed by atoms with Gasteiger partial charge in [-0.25, -0.2) is 4.79 Å². The minimum atomic E-state index is -1.14. The molecule has 1 heterocycles. The third-order valence-corrected chi connectivity index (χ3v) is 3.65. The smallest absolute Gasteiger partial charge is 0.358 e. The molecule has 0 aliphatic heterocycles. The molecule has 2 N–H and O–H groups in total. The van der Waals surface area contributed by atoms with Gasteiger partial charge in [-0.2, -0.15) is 0 Å². The molecule has 6 heteroatoms. The molecule has 0 saturated heterocycles. The van der Waals surface area contributed by atoms with Crippen molar-refractivity contribution < 1.29 is 19.5 Å². The summed E-state index contributed by atoms with van der Waals surface area (Å²) in [5.41, 5.74) is 2.12. The number of halogens is 1. The average molecular weight is 312 g/mol. The van der Waals surface area contributed by atoms with Crippen molar-refractivity contribution in [3.8, 4) is 17.1 Å². The van der Waals surface area contributed by atoms with E-state index in [0.717, 1.165) is 16.7 Å².